The molecule has 0 atom stereocenters. The number of hydrogen-bond donors (Lipinski definition) is 0. The second kappa shape index (κ2) is 5.41. The lowest BCUT2D eigenvalue weighted by Gasteiger charge is -2.21. The third-order valence-electron chi connectivity index (χ3n) is 3.88. The van der Waals surface area contributed by atoms with E-state index < -0.39 is 9.84 Å². The zero-order valence-corrected chi connectivity index (χ0v) is 12.2. The minimum Gasteiger partial charge on any atom is -0.219 e. The van der Waals surface area contributed by atoms with E-state index in [1.54, 1.807) is 24.3 Å². The molecule has 3 rings (SSSR count). The zero-order valence-electron chi connectivity index (χ0n) is 11.4. The highest BCUT2D eigenvalue weighted by atomic mass is 32.2. The van der Waals surface area contributed by atoms with E-state index in [4.69, 9.17) is 0 Å². The Morgan fingerprint density at radius 2 is 1.75 bits per heavy atom. The van der Waals surface area contributed by atoms with Crippen LogP contribution in [-0.2, 0) is 9.84 Å². The molecule has 0 unspecified atom stereocenters. The van der Waals surface area contributed by atoms with Crippen LogP contribution in [0, 0.1) is 0 Å². The molecule has 0 amide bonds. The smallest absolute Gasteiger partial charge is 0.203 e. The van der Waals surface area contributed by atoms with Crippen molar-refractivity contribution in [1.29, 1.82) is 0 Å². The van der Waals surface area contributed by atoms with Crippen molar-refractivity contribution >= 4 is 9.84 Å². The number of sulfone groups is 1. The summed E-state index contributed by atoms with van der Waals surface area (Å²) in [5.41, 5.74) is 2.15. The summed E-state index contributed by atoms with van der Waals surface area (Å²) in [5, 5.41) is 0. The number of fused-ring (bicyclic) bond motifs is 1. The molecule has 0 fully saturated rings. The molecule has 0 aliphatic heterocycles. The van der Waals surface area contributed by atoms with Gasteiger partial charge in [0, 0.05) is 0 Å². The van der Waals surface area contributed by atoms with Crippen molar-refractivity contribution in [3.8, 4) is 0 Å². The summed E-state index contributed by atoms with van der Waals surface area (Å²) in [6, 6.07) is 8.76. The van der Waals surface area contributed by atoms with Crippen LogP contribution in [-0.4, -0.2) is 8.42 Å². The molecule has 2 nitrogen and oxygen atoms in total. The standard InChI is InChI=1S/C17H18O2S/c18-20(19,15-10-4-2-5-11-15)17-13-7-9-14-8-3-1-6-12-16(14)17/h2,4-6,8,10-12H,1,3,7,9,13H2. The first-order valence-corrected chi connectivity index (χ1v) is 8.57. The lowest BCUT2D eigenvalue weighted by Crippen LogP contribution is -2.12. The fourth-order valence-corrected chi connectivity index (χ4v) is 4.58. The molecule has 0 saturated carbocycles. The minimum absolute atomic E-state index is 0.404. The van der Waals surface area contributed by atoms with Gasteiger partial charge in [0.25, 0.3) is 0 Å². The van der Waals surface area contributed by atoms with Gasteiger partial charge in [0.2, 0.25) is 9.84 Å². The molecule has 0 aromatic heterocycles. The lowest BCUT2D eigenvalue weighted by atomic mass is 9.93. The average Bonchev–Trinajstić information content (AvgIpc) is 2.73. The van der Waals surface area contributed by atoms with Crippen LogP contribution in [0.25, 0.3) is 0 Å². The largest absolute Gasteiger partial charge is 0.219 e. The molecule has 2 aliphatic rings. The Balaban J connectivity index is 2.17. The van der Waals surface area contributed by atoms with Gasteiger partial charge in [-0.2, -0.15) is 0 Å². The van der Waals surface area contributed by atoms with Gasteiger partial charge in [-0.05, 0) is 55.4 Å². The van der Waals surface area contributed by atoms with E-state index in [0.29, 0.717) is 16.2 Å². The average molecular weight is 286 g/mol. The van der Waals surface area contributed by atoms with Crippen LogP contribution < -0.4 is 0 Å². The van der Waals surface area contributed by atoms with Crippen LogP contribution in [0.3, 0.4) is 0 Å². The van der Waals surface area contributed by atoms with Crippen LogP contribution in [0.1, 0.15) is 32.1 Å². The molecule has 2 aliphatic carbocycles. The molecule has 0 spiro atoms. The van der Waals surface area contributed by atoms with E-state index in [1.807, 2.05) is 12.1 Å². The summed E-state index contributed by atoms with van der Waals surface area (Å²) in [4.78, 5) is 1.00. The van der Waals surface area contributed by atoms with Crippen molar-refractivity contribution in [2.75, 3.05) is 0 Å². The first-order chi connectivity index (χ1) is 9.69. The predicted molar refractivity (Wildman–Crippen MR) is 81.0 cm³/mol. The maximum Gasteiger partial charge on any atom is 0.203 e. The Bertz CT molecular complexity index is 692. The van der Waals surface area contributed by atoms with Crippen molar-refractivity contribution in [1.82, 2.24) is 0 Å². The van der Waals surface area contributed by atoms with E-state index >= 15 is 0 Å². The van der Waals surface area contributed by atoms with E-state index in [0.717, 1.165) is 31.3 Å². The zero-order chi connectivity index (χ0) is 14.0. The molecule has 104 valence electrons. The van der Waals surface area contributed by atoms with Gasteiger partial charge in [-0.25, -0.2) is 8.42 Å². The first-order valence-electron chi connectivity index (χ1n) is 7.09. The highest BCUT2D eigenvalue weighted by molar-refractivity contribution is 7.95. The highest BCUT2D eigenvalue weighted by Gasteiger charge is 2.27. The SMILES string of the molecule is O=S(=O)(C1=C2C=CCCC=C2CCC1)c1ccccc1. The molecular formula is C17H18O2S. The predicted octanol–water partition coefficient (Wildman–Crippen LogP) is 4.17. The fourth-order valence-electron chi connectivity index (χ4n) is 2.88. The summed E-state index contributed by atoms with van der Waals surface area (Å²) in [6.07, 6.45) is 10.9. The second-order valence-electron chi connectivity index (χ2n) is 5.22. The van der Waals surface area contributed by atoms with E-state index in [9.17, 15) is 8.42 Å². The Labute approximate surface area is 120 Å². The van der Waals surface area contributed by atoms with Gasteiger partial charge in [-0.1, -0.05) is 36.4 Å². The van der Waals surface area contributed by atoms with Gasteiger partial charge in [0.1, 0.15) is 0 Å². The monoisotopic (exact) mass is 286 g/mol. The van der Waals surface area contributed by atoms with Gasteiger partial charge in [0.15, 0.2) is 0 Å². The van der Waals surface area contributed by atoms with Crippen LogP contribution in [0.15, 0.2) is 69.5 Å². The van der Waals surface area contributed by atoms with Crippen LogP contribution in [0.2, 0.25) is 0 Å². The molecule has 0 saturated heterocycles. The molecule has 0 heterocycles. The minimum atomic E-state index is -3.36. The van der Waals surface area contributed by atoms with Crippen molar-refractivity contribution < 1.29 is 8.42 Å². The first kappa shape index (κ1) is 13.4. The summed E-state index contributed by atoms with van der Waals surface area (Å²) >= 11 is 0. The highest BCUT2D eigenvalue weighted by Crippen LogP contribution is 2.37. The summed E-state index contributed by atoms with van der Waals surface area (Å²) in [6.45, 7) is 0. The fraction of sp³-hybridized carbons (Fsp3) is 0.294. The van der Waals surface area contributed by atoms with Crippen molar-refractivity contribution in [3.63, 3.8) is 0 Å². The van der Waals surface area contributed by atoms with Crippen molar-refractivity contribution in [3.05, 3.63) is 64.6 Å². The molecule has 1 aromatic rings. The van der Waals surface area contributed by atoms with Gasteiger partial charge in [-0.15, -0.1) is 0 Å². The maximum absolute atomic E-state index is 12.8. The third-order valence-corrected chi connectivity index (χ3v) is 5.85. The summed E-state index contributed by atoms with van der Waals surface area (Å²) in [5.74, 6) is 0. The molecule has 0 bridgehead atoms. The van der Waals surface area contributed by atoms with Crippen LogP contribution in [0.5, 0.6) is 0 Å². The van der Waals surface area contributed by atoms with Crippen LogP contribution in [0.4, 0.5) is 0 Å². The van der Waals surface area contributed by atoms with E-state index in [2.05, 4.69) is 12.2 Å². The number of rotatable bonds is 2. The molecule has 20 heavy (non-hydrogen) atoms. The molecule has 1 aromatic carbocycles. The van der Waals surface area contributed by atoms with Crippen molar-refractivity contribution in [2.45, 2.75) is 37.0 Å². The molecule has 0 radical (unpaired) electrons. The number of benzene rings is 1. The maximum atomic E-state index is 12.8. The Morgan fingerprint density at radius 3 is 2.55 bits per heavy atom. The second-order valence-corrected chi connectivity index (χ2v) is 7.19. The van der Waals surface area contributed by atoms with E-state index in [-0.39, 0.29) is 0 Å². The van der Waals surface area contributed by atoms with Gasteiger partial charge in [-0.3, -0.25) is 0 Å². The molecular weight excluding hydrogens is 268 g/mol. The third kappa shape index (κ3) is 2.38. The Morgan fingerprint density at radius 1 is 0.950 bits per heavy atom. The number of allylic oxidation sites excluding steroid dienone is 6. The van der Waals surface area contributed by atoms with E-state index in [1.165, 1.54) is 5.57 Å². The van der Waals surface area contributed by atoms with Crippen molar-refractivity contribution in [2.24, 2.45) is 0 Å². The van der Waals surface area contributed by atoms with Gasteiger partial charge < -0.3 is 0 Å². The summed E-state index contributed by atoms with van der Waals surface area (Å²) in [7, 11) is -3.36. The quantitative estimate of drug-likeness (QED) is 0.817. The molecule has 3 heteroatoms. The summed E-state index contributed by atoms with van der Waals surface area (Å²) < 4.78 is 25.7. The van der Waals surface area contributed by atoms with Gasteiger partial charge >= 0.3 is 0 Å². The topological polar surface area (TPSA) is 34.1 Å². The van der Waals surface area contributed by atoms with Crippen LogP contribution >= 0.6 is 0 Å². The lowest BCUT2D eigenvalue weighted by molar-refractivity contribution is 0.597. The Kier molecular flexibility index (Phi) is 3.62. The Hall–Kier alpha value is -1.61. The number of hydrogen-bond acceptors (Lipinski definition) is 2. The normalized spacial score (nSPS) is 19.3. The molecule has 0 N–H and O–H groups in total. The van der Waals surface area contributed by atoms with Gasteiger partial charge in [0.05, 0.1) is 9.80 Å².